The van der Waals surface area contributed by atoms with Crippen molar-refractivity contribution in [3.05, 3.63) is 36.0 Å². The topological polar surface area (TPSA) is 187 Å². The van der Waals surface area contributed by atoms with Crippen LogP contribution in [0.1, 0.15) is 25.8 Å². The van der Waals surface area contributed by atoms with Crippen LogP contribution in [0.3, 0.4) is 0 Å². The van der Waals surface area contributed by atoms with Crippen LogP contribution in [0.4, 0.5) is 0 Å². The summed E-state index contributed by atoms with van der Waals surface area (Å²) in [5.41, 5.74) is 7.13. The molecule has 8 N–H and O–H groups in total. The Hall–Kier alpha value is -3.09. The highest BCUT2D eigenvalue weighted by Gasteiger charge is 2.31. The minimum atomic E-state index is -1.21. The molecule has 0 saturated heterocycles. The number of aliphatic hydroxyl groups is 1. The maximum Gasteiger partial charge on any atom is 0.326 e. The number of hydrogen-bond donors (Lipinski definition) is 7. The van der Waals surface area contributed by atoms with Gasteiger partial charge in [0.1, 0.15) is 24.2 Å². The Morgan fingerprint density at radius 3 is 2.31 bits per heavy atom. The summed E-state index contributed by atoms with van der Waals surface area (Å²) in [6.45, 7) is 2.85. The normalized spacial score (nSPS) is 14.6. The number of rotatable bonds is 14. The summed E-state index contributed by atoms with van der Waals surface area (Å²) in [5, 5.41) is 27.4. The maximum atomic E-state index is 13.1. The molecule has 0 aliphatic heterocycles. The van der Waals surface area contributed by atoms with Crippen molar-refractivity contribution in [1.82, 2.24) is 20.9 Å². The molecule has 4 unspecified atom stereocenters. The molecule has 36 heavy (non-hydrogen) atoms. The van der Waals surface area contributed by atoms with Crippen molar-refractivity contribution in [2.75, 3.05) is 18.6 Å². The summed E-state index contributed by atoms with van der Waals surface area (Å²) in [5.74, 6) is -2.93. The average molecular weight is 522 g/mol. The third-order valence-electron chi connectivity index (χ3n) is 5.74. The number of aliphatic hydroxyl groups excluding tert-OH is 1. The highest BCUT2D eigenvalue weighted by molar-refractivity contribution is 7.98. The molecular formula is C24H35N5O6S. The SMILES string of the molecule is CSCCC(NC(=O)C(NC(=O)C(N)CO)C(C)C)C(=O)NC(Cc1c[nH]c2ccccc12)C(=O)O. The number of H-pyrrole nitrogens is 1. The number of aromatic amines is 1. The Balaban J connectivity index is 2.16. The highest BCUT2D eigenvalue weighted by Crippen LogP contribution is 2.19. The molecule has 0 bridgehead atoms. The molecule has 0 fully saturated rings. The smallest absolute Gasteiger partial charge is 0.326 e. The van der Waals surface area contributed by atoms with Crippen molar-refractivity contribution >= 4 is 46.4 Å². The Kier molecular flexibility index (Phi) is 11.2. The number of fused-ring (bicyclic) bond motifs is 1. The van der Waals surface area contributed by atoms with Crippen LogP contribution in [-0.2, 0) is 25.6 Å². The molecule has 0 aliphatic rings. The van der Waals surface area contributed by atoms with Gasteiger partial charge in [0.25, 0.3) is 0 Å². The van der Waals surface area contributed by atoms with Crippen molar-refractivity contribution in [1.29, 1.82) is 0 Å². The first-order valence-corrected chi connectivity index (χ1v) is 13.0. The van der Waals surface area contributed by atoms with Gasteiger partial charge in [0.15, 0.2) is 0 Å². The number of carboxylic acids is 1. The second-order valence-electron chi connectivity index (χ2n) is 8.83. The summed E-state index contributed by atoms with van der Waals surface area (Å²) in [4.78, 5) is 53.3. The number of thioether (sulfide) groups is 1. The van der Waals surface area contributed by atoms with E-state index in [1.54, 1.807) is 20.0 Å². The van der Waals surface area contributed by atoms with E-state index >= 15 is 0 Å². The molecule has 12 heteroatoms. The van der Waals surface area contributed by atoms with Crippen LogP contribution in [0.25, 0.3) is 10.9 Å². The quantitative estimate of drug-likeness (QED) is 0.181. The maximum absolute atomic E-state index is 13.1. The molecule has 1 heterocycles. The minimum Gasteiger partial charge on any atom is -0.480 e. The first-order valence-electron chi connectivity index (χ1n) is 11.6. The van der Waals surface area contributed by atoms with E-state index < -0.39 is 54.5 Å². The van der Waals surface area contributed by atoms with Crippen LogP contribution >= 0.6 is 11.8 Å². The molecule has 0 radical (unpaired) electrons. The fourth-order valence-electron chi connectivity index (χ4n) is 3.64. The van der Waals surface area contributed by atoms with Crippen molar-refractivity contribution in [3.63, 3.8) is 0 Å². The number of para-hydroxylation sites is 1. The van der Waals surface area contributed by atoms with Crippen molar-refractivity contribution in [2.45, 2.75) is 50.9 Å². The predicted molar refractivity (Wildman–Crippen MR) is 138 cm³/mol. The lowest BCUT2D eigenvalue weighted by atomic mass is 10.0. The summed E-state index contributed by atoms with van der Waals surface area (Å²) >= 11 is 1.47. The van der Waals surface area contributed by atoms with Crippen LogP contribution in [0, 0.1) is 5.92 Å². The largest absolute Gasteiger partial charge is 0.480 e. The summed E-state index contributed by atoms with van der Waals surface area (Å²) in [6.07, 6.45) is 3.87. The molecule has 1 aromatic heterocycles. The first kappa shape index (κ1) is 29.1. The van der Waals surface area contributed by atoms with Crippen LogP contribution < -0.4 is 21.7 Å². The number of carboxylic acid groups (broad SMARTS) is 1. The zero-order valence-electron chi connectivity index (χ0n) is 20.6. The van der Waals surface area contributed by atoms with E-state index in [4.69, 9.17) is 10.8 Å². The van der Waals surface area contributed by atoms with Gasteiger partial charge in [-0.3, -0.25) is 14.4 Å². The molecule has 198 valence electrons. The zero-order valence-corrected chi connectivity index (χ0v) is 21.4. The average Bonchev–Trinajstić information content (AvgIpc) is 3.26. The van der Waals surface area contributed by atoms with E-state index in [0.29, 0.717) is 5.75 Å². The van der Waals surface area contributed by atoms with E-state index in [0.717, 1.165) is 16.5 Å². The van der Waals surface area contributed by atoms with E-state index in [1.165, 1.54) is 11.8 Å². The zero-order chi connectivity index (χ0) is 26.8. The number of nitrogens with two attached hydrogens (primary N) is 1. The van der Waals surface area contributed by atoms with Gasteiger partial charge in [-0.05, 0) is 36.0 Å². The van der Waals surface area contributed by atoms with Gasteiger partial charge in [-0.15, -0.1) is 0 Å². The van der Waals surface area contributed by atoms with Crippen molar-refractivity contribution in [3.8, 4) is 0 Å². The third-order valence-corrected chi connectivity index (χ3v) is 6.38. The number of hydrogen-bond acceptors (Lipinski definition) is 7. The van der Waals surface area contributed by atoms with Gasteiger partial charge in [-0.1, -0.05) is 32.0 Å². The van der Waals surface area contributed by atoms with E-state index in [1.807, 2.05) is 30.5 Å². The molecule has 0 aliphatic carbocycles. The molecule has 4 atom stereocenters. The number of carbonyl (C=O) groups is 4. The van der Waals surface area contributed by atoms with Crippen LogP contribution in [0.5, 0.6) is 0 Å². The predicted octanol–water partition coefficient (Wildman–Crippen LogP) is -0.0219. The van der Waals surface area contributed by atoms with Crippen molar-refractivity contribution in [2.24, 2.45) is 11.7 Å². The van der Waals surface area contributed by atoms with Crippen molar-refractivity contribution < 1.29 is 29.4 Å². The highest BCUT2D eigenvalue weighted by atomic mass is 32.2. The molecular weight excluding hydrogens is 486 g/mol. The van der Waals surface area contributed by atoms with E-state index in [-0.39, 0.29) is 18.8 Å². The number of amides is 3. The molecule has 1 aromatic carbocycles. The van der Waals surface area contributed by atoms with Gasteiger partial charge in [-0.2, -0.15) is 11.8 Å². The van der Waals surface area contributed by atoms with Gasteiger partial charge < -0.3 is 36.9 Å². The lowest BCUT2D eigenvalue weighted by Crippen LogP contribution is -2.59. The molecule has 11 nitrogen and oxygen atoms in total. The van der Waals surface area contributed by atoms with Gasteiger partial charge in [0, 0.05) is 23.5 Å². The molecule has 0 spiro atoms. The monoisotopic (exact) mass is 521 g/mol. The van der Waals surface area contributed by atoms with Crippen LogP contribution in [-0.4, -0.2) is 81.7 Å². The van der Waals surface area contributed by atoms with Crippen LogP contribution in [0.15, 0.2) is 30.5 Å². The standard InChI is InChI=1S/C24H35N5O6S/c1-13(2)20(29-21(31)16(25)12-30)23(33)27-18(8-9-36-3)22(32)28-19(24(34)35)10-14-11-26-17-7-5-4-6-15(14)17/h4-7,11,13,16,18-20,26,30H,8-10,12,25H2,1-3H3,(H,27,33)(H,28,32)(H,29,31)(H,34,35). The summed E-state index contributed by atoms with van der Waals surface area (Å²) < 4.78 is 0. The van der Waals surface area contributed by atoms with E-state index in [9.17, 15) is 24.3 Å². The summed E-state index contributed by atoms with van der Waals surface area (Å²) in [7, 11) is 0. The van der Waals surface area contributed by atoms with Gasteiger partial charge >= 0.3 is 5.97 Å². The number of aromatic nitrogens is 1. The fraction of sp³-hybridized carbons (Fsp3) is 0.500. The third kappa shape index (κ3) is 7.97. The number of aliphatic carboxylic acids is 1. The number of benzene rings is 1. The Morgan fingerprint density at radius 1 is 1.03 bits per heavy atom. The minimum absolute atomic E-state index is 0.0536. The Morgan fingerprint density at radius 2 is 1.69 bits per heavy atom. The lowest BCUT2D eigenvalue weighted by Gasteiger charge is -2.26. The van der Waals surface area contributed by atoms with Gasteiger partial charge in [0.2, 0.25) is 17.7 Å². The number of carbonyl (C=O) groups excluding carboxylic acids is 3. The Bertz CT molecular complexity index is 1060. The molecule has 3 amide bonds. The lowest BCUT2D eigenvalue weighted by molar-refractivity contribution is -0.142. The van der Waals surface area contributed by atoms with Gasteiger partial charge in [0.05, 0.1) is 6.61 Å². The molecule has 2 aromatic rings. The first-order chi connectivity index (χ1) is 17.1. The molecule has 0 saturated carbocycles. The van der Waals surface area contributed by atoms with Crippen LogP contribution in [0.2, 0.25) is 0 Å². The van der Waals surface area contributed by atoms with Gasteiger partial charge in [-0.25, -0.2) is 4.79 Å². The second kappa shape index (κ2) is 13.9. The fourth-order valence-corrected chi connectivity index (χ4v) is 4.11. The molecule has 2 rings (SSSR count). The number of nitrogens with one attached hydrogen (secondary N) is 4. The Labute approximate surface area is 214 Å². The second-order valence-corrected chi connectivity index (χ2v) is 9.81. The van der Waals surface area contributed by atoms with E-state index in [2.05, 4.69) is 20.9 Å². The summed E-state index contributed by atoms with van der Waals surface area (Å²) in [6, 6.07) is 3.04.